The van der Waals surface area contributed by atoms with E-state index < -0.39 is 11.6 Å². The molecule has 2 aromatic carbocycles. The molecule has 0 aliphatic carbocycles. The van der Waals surface area contributed by atoms with Gasteiger partial charge in [-0.15, -0.1) is 0 Å². The van der Waals surface area contributed by atoms with Crippen molar-refractivity contribution in [1.29, 1.82) is 0 Å². The maximum absolute atomic E-state index is 14.3. The van der Waals surface area contributed by atoms with Gasteiger partial charge in [0.25, 0.3) is 0 Å². The van der Waals surface area contributed by atoms with E-state index in [1.807, 2.05) is 18.2 Å². The van der Waals surface area contributed by atoms with Gasteiger partial charge in [0.05, 0.1) is 7.11 Å². The maximum atomic E-state index is 14.3. The van der Waals surface area contributed by atoms with Crippen LogP contribution in [0.2, 0.25) is 0 Å². The fourth-order valence-corrected chi connectivity index (χ4v) is 3.03. The van der Waals surface area contributed by atoms with Crippen molar-refractivity contribution in [2.45, 2.75) is 0 Å². The highest BCUT2D eigenvalue weighted by molar-refractivity contribution is 5.97. The Balaban J connectivity index is 1.99. The monoisotopic (exact) mass is 378 g/mol. The van der Waals surface area contributed by atoms with Crippen molar-refractivity contribution in [1.82, 2.24) is 15.0 Å². The summed E-state index contributed by atoms with van der Waals surface area (Å²) in [6.45, 7) is 0. The molecule has 0 aliphatic rings. The fraction of sp³-hybridized carbons (Fsp3) is 0.0952. The number of anilines is 1. The minimum atomic E-state index is -0.528. The summed E-state index contributed by atoms with van der Waals surface area (Å²) in [5.74, 6) is 0.334. The molecule has 2 aromatic heterocycles. The lowest BCUT2D eigenvalue weighted by molar-refractivity contribution is 0.419. The van der Waals surface area contributed by atoms with E-state index in [9.17, 15) is 8.78 Å². The van der Waals surface area contributed by atoms with E-state index in [1.54, 1.807) is 25.4 Å². The van der Waals surface area contributed by atoms with Crippen LogP contribution in [0.15, 0.2) is 54.7 Å². The molecule has 7 heteroatoms. The zero-order valence-electron chi connectivity index (χ0n) is 15.2. The molecule has 1 N–H and O–H groups in total. The highest BCUT2D eigenvalue weighted by atomic mass is 19.1. The largest absolute Gasteiger partial charge is 0.494 e. The van der Waals surface area contributed by atoms with Crippen LogP contribution in [0.4, 0.5) is 14.6 Å². The minimum Gasteiger partial charge on any atom is -0.494 e. The quantitative estimate of drug-likeness (QED) is 0.558. The summed E-state index contributed by atoms with van der Waals surface area (Å²) in [5.41, 5.74) is 1.76. The van der Waals surface area contributed by atoms with Crippen molar-refractivity contribution in [3.63, 3.8) is 0 Å². The molecule has 2 heterocycles. The number of halogens is 2. The zero-order valence-corrected chi connectivity index (χ0v) is 15.2. The number of pyridine rings is 1. The molecule has 0 atom stereocenters. The van der Waals surface area contributed by atoms with Crippen molar-refractivity contribution >= 4 is 16.7 Å². The standard InChI is InChI=1S/C21H16F2N4O/c1-24-20-15-9-12(14-11-13(22)6-7-16(14)23)10-18(28-2)19(15)26-21(27-20)17-5-3-4-8-25-17/h3-11H,1-2H3,(H,24,26,27). The Morgan fingerprint density at radius 3 is 2.57 bits per heavy atom. The lowest BCUT2D eigenvalue weighted by Gasteiger charge is -2.13. The number of hydrogen-bond acceptors (Lipinski definition) is 5. The van der Waals surface area contributed by atoms with Gasteiger partial charge in [0.15, 0.2) is 5.82 Å². The number of rotatable bonds is 4. The third-order valence-electron chi connectivity index (χ3n) is 4.36. The Bertz CT molecular complexity index is 1170. The second-order valence-electron chi connectivity index (χ2n) is 6.06. The van der Waals surface area contributed by atoms with E-state index in [4.69, 9.17) is 4.74 Å². The topological polar surface area (TPSA) is 59.9 Å². The van der Waals surface area contributed by atoms with E-state index in [1.165, 1.54) is 7.11 Å². The Morgan fingerprint density at radius 1 is 1.00 bits per heavy atom. The molecule has 0 unspecified atom stereocenters. The van der Waals surface area contributed by atoms with Gasteiger partial charge in [-0.2, -0.15) is 0 Å². The number of ether oxygens (including phenoxy) is 1. The SMILES string of the molecule is CNc1nc(-c2ccccn2)nc2c(OC)cc(-c3cc(F)ccc3F)cc12. The van der Waals surface area contributed by atoms with E-state index >= 15 is 0 Å². The number of benzene rings is 2. The van der Waals surface area contributed by atoms with Gasteiger partial charge in [0.1, 0.15) is 34.4 Å². The van der Waals surface area contributed by atoms with Crippen LogP contribution in [0.5, 0.6) is 5.75 Å². The number of nitrogens with one attached hydrogen (secondary N) is 1. The van der Waals surface area contributed by atoms with Gasteiger partial charge in [0.2, 0.25) is 0 Å². The minimum absolute atomic E-state index is 0.135. The molecule has 0 aliphatic heterocycles. The normalized spacial score (nSPS) is 10.9. The summed E-state index contributed by atoms with van der Waals surface area (Å²) >= 11 is 0. The van der Waals surface area contributed by atoms with Gasteiger partial charge in [0, 0.05) is 24.2 Å². The van der Waals surface area contributed by atoms with Crippen molar-refractivity contribution in [2.75, 3.05) is 19.5 Å². The molecule has 0 saturated heterocycles. The first-order valence-corrected chi connectivity index (χ1v) is 8.55. The molecule has 0 fully saturated rings. The van der Waals surface area contributed by atoms with Gasteiger partial charge in [-0.25, -0.2) is 18.7 Å². The van der Waals surface area contributed by atoms with Gasteiger partial charge in [-0.05, 0) is 48.0 Å². The lowest BCUT2D eigenvalue weighted by atomic mass is 10.0. The number of nitrogens with zero attached hydrogens (tertiary/aromatic N) is 3. The smallest absolute Gasteiger partial charge is 0.180 e. The van der Waals surface area contributed by atoms with Crippen LogP contribution in [-0.4, -0.2) is 29.1 Å². The van der Waals surface area contributed by atoms with E-state index in [2.05, 4.69) is 20.3 Å². The first-order valence-electron chi connectivity index (χ1n) is 8.55. The molecule has 140 valence electrons. The van der Waals surface area contributed by atoms with E-state index in [-0.39, 0.29) is 5.56 Å². The molecular formula is C21H16F2N4O. The Kier molecular flexibility index (Phi) is 4.57. The maximum Gasteiger partial charge on any atom is 0.180 e. The predicted octanol–water partition coefficient (Wildman–Crippen LogP) is 4.69. The number of fused-ring (bicyclic) bond motifs is 1. The van der Waals surface area contributed by atoms with Crippen LogP contribution >= 0.6 is 0 Å². The van der Waals surface area contributed by atoms with Gasteiger partial charge >= 0.3 is 0 Å². The van der Waals surface area contributed by atoms with Gasteiger partial charge in [-0.1, -0.05) is 6.07 Å². The highest BCUT2D eigenvalue weighted by Crippen LogP contribution is 2.36. The van der Waals surface area contributed by atoms with Crippen LogP contribution in [0.1, 0.15) is 0 Å². The molecule has 4 aromatic rings. The van der Waals surface area contributed by atoms with Gasteiger partial charge in [-0.3, -0.25) is 4.98 Å². The fourth-order valence-electron chi connectivity index (χ4n) is 3.03. The Hall–Kier alpha value is -3.61. The van der Waals surface area contributed by atoms with Crippen LogP contribution in [-0.2, 0) is 0 Å². The van der Waals surface area contributed by atoms with Crippen molar-refractivity contribution < 1.29 is 13.5 Å². The highest BCUT2D eigenvalue weighted by Gasteiger charge is 2.17. The second-order valence-corrected chi connectivity index (χ2v) is 6.06. The van der Waals surface area contributed by atoms with Crippen LogP contribution in [0.3, 0.4) is 0 Å². The van der Waals surface area contributed by atoms with Crippen molar-refractivity contribution in [3.8, 4) is 28.4 Å². The van der Waals surface area contributed by atoms with E-state index in [0.29, 0.717) is 39.6 Å². The summed E-state index contributed by atoms with van der Waals surface area (Å²) in [5, 5.41) is 3.66. The summed E-state index contributed by atoms with van der Waals surface area (Å²) in [4.78, 5) is 13.4. The van der Waals surface area contributed by atoms with Crippen LogP contribution in [0.25, 0.3) is 33.5 Å². The average molecular weight is 378 g/mol. The molecule has 0 saturated carbocycles. The third kappa shape index (κ3) is 3.11. The van der Waals surface area contributed by atoms with Crippen LogP contribution in [0, 0.1) is 11.6 Å². The number of aromatic nitrogens is 3. The molecule has 0 radical (unpaired) electrons. The average Bonchev–Trinajstić information content (AvgIpc) is 2.74. The molecule has 0 spiro atoms. The van der Waals surface area contributed by atoms with Crippen molar-refractivity contribution in [3.05, 3.63) is 66.4 Å². The first-order chi connectivity index (χ1) is 13.6. The van der Waals surface area contributed by atoms with E-state index in [0.717, 1.165) is 18.2 Å². The summed E-state index contributed by atoms with van der Waals surface area (Å²) in [7, 11) is 3.23. The zero-order chi connectivity index (χ0) is 19.7. The predicted molar refractivity (Wildman–Crippen MR) is 104 cm³/mol. The molecule has 0 amide bonds. The summed E-state index contributed by atoms with van der Waals surface area (Å²) in [6.07, 6.45) is 1.66. The Morgan fingerprint density at radius 2 is 1.86 bits per heavy atom. The number of methoxy groups -OCH3 is 1. The van der Waals surface area contributed by atoms with Gasteiger partial charge < -0.3 is 10.1 Å². The summed E-state index contributed by atoms with van der Waals surface area (Å²) in [6, 6.07) is 12.1. The molecule has 5 nitrogen and oxygen atoms in total. The Labute approximate surface area is 160 Å². The molecule has 4 rings (SSSR count). The first kappa shape index (κ1) is 17.8. The lowest BCUT2D eigenvalue weighted by Crippen LogP contribution is -2.01. The summed E-state index contributed by atoms with van der Waals surface area (Å²) < 4.78 is 33.5. The third-order valence-corrected chi connectivity index (χ3v) is 4.36. The molecular weight excluding hydrogens is 362 g/mol. The van der Waals surface area contributed by atoms with Crippen molar-refractivity contribution in [2.24, 2.45) is 0 Å². The number of hydrogen-bond donors (Lipinski definition) is 1. The second kappa shape index (κ2) is 7.19. The van der Waals surface area contributed by atoms with Crippen LogP contribution < -0.4 is 10.1 Å². The molecule has 28 heavy (non-hydrogen) atoms. The molecule has 0 bridgehead atoms.